The molecule has 0 radical (unpaired) electrons. The van der Waals surface area contributed by atoms with E-state index in [0.717, 1.165) is 122 Å². The average molecular weight is 1130 g/mol. The van der Waals surface area contributed by atoms with Crippen molar-refractivity contribution in [2.45, 2.75) is 335 Å². The standard InChI is InChI=1S/C75H128O6/c1-4-7-10-13-16-19-22-25-28-31-32-33-34-35-36-37-38-39-40-41-42-43-44-45-48-50-53-56-59-62-65-68-74(77)80-71-72(81-75(78)69-66-63-60-57-54-51-47-30-27-24-21-18-15-12-9-6-3)70-79-73(76)67-64-61-58-55-52-49-46-29-26-23-20-17-14-11-8-5-2/h7,10,16,19,25,28,32-33,35-36,38-39,41-42,44-45,50,53,72H,4-6,8-9,11-15,17-18,20-24,26-27,29-31,34,37,40,43,46-49,51-52,54-71H2,1-3H3/b10-7-,19-16-,28-25-,33-32-,36-35-,39-38-,42-41-,45-44-,53-50-. The van der Waals surface area contributed by atoms with Crippen molar-refractivity contribution in [1.82, 2.24) is 0 Å². The first kappa shape index (κ1) is 77.1. The van der Waals surface area contributed by atoms with E-state index >= 15 is 0 Å². The largest absolute Gasteiger partial charge is 0.462 e. The average Bonchev–Trinajstić information content (AvgIpc) is 3.47. The normalized spacial score (nSPS) is 12.8. The van der Waals surface area contributed by atoms with Crippen molar-refractivity contribution in [2.24, 2.45) is 0 Å². The zero-order chi connectivity index (χ0) is 58.5. The Morgan fingerprint density at radius 3 is 0.753 bits per heavy atom. The molecule has 0 bridgehead atoms. The molecule has 1 atom stereocenters. The molecule has 6 nitrogen and oxygen atoms in total. The zero-order valence-electron chi connectivity index (χ0n) is 53.3. The molecule has 0 N–H and O–H groups in total. The minimum atomic E-state index is -0.791. The predicted molar refractivity (Wildman–Crippen MR) is 353 cm³/mol. The van der Waals surface area contributed by atoms with Gasteiger partial charge in [-0.05, 0) is 89.9 Å². The molecule has 0 heterocycles. The minimum absolute atomic E-state index is 0.0844. The summed E-state index contributed by atoms with van der Waals surface area (Å²) in [5.74, 6) is -0.903. The third kappa shape index (κ3) is 66.8. The Kier molecular flexibility index (Phi) is 65.2. The number of hydrogen-bond donors (Lipinski definition) is 0. The van der Waals surface area contributed by atoms with Crippen LogP contribution >= 0.6 is 0 Å². The van der Waals surface area contributed by atoms with Crippen molar-refractivity contribution in [3.8, 4) is 0 Å². The van der Waals surface area contributed by atoms with E-state index in [1.54, 1.807) is 0 Å². The maximum absolute atomic E-state index is 12.9. The van der Waals surface area contributed by atoms with Crippen LogP contribution in [0.15, 0.2) is 109 Å². The predicted octanol–water partition coefficient (Wildman–Crippen LogP) is 23.8. The number of ether oxygens (including phenoxy) is 3. The smallest absolute Gasteiger partial charge is 0.306 e. The summed E-state index contributed by atoms with van der Waals surface area (Å²) < 4.78 is 16.9. The lowest BCUT2D eigenvalue weighted by Crippen LogP contribution is -2.30. The van der Waals surface area contributed by atoms with Crippen molar-refractivity contribution in [3.05, 3.63) is 109 Å². The van der Waals surface area contributed by atoms with Crippen molar-refractivity contribution >= 4 is 17.9 Å². The van der Waals surface area contributed by atoms with Crippen LogP contribution in [-0.4, -0.2) is 37.2 Å². The summed E-state index contributed by atoms with van der Waals surface area (Å²) in [5, 5.41) is 0. The molecule has 0 rings (SSSR count). The van der Waals surface area contributed by atoms with Crippen LogP contribution in [0.5, 0.6) is 0 Å². The van der Waals surface area contributed by atoms with Gasteiger partial charge in [-0.15, -0.1) is 0 Å². The Labute approximate surface area is 501 Å². The topological polar surface area (TPSA) is 78.9 Å². The lowest BCUT2D eigenvalue weighted by atomic mass is 10.0. The van der Waals surface area contributed by atoms with E-state index in [2.05, 4.69) is 130 Å². The molecule has 0 saturated heterocycles. The number of hydrogen-bond acceptors (Lipinski definition) is 6. The number of carbonyl (C=O) groups excluding carboxylic acids is 3. The van der Waals surface area contributed by atoms with E-state index < -0.39 is 6.10 Å². The molecule has 0 saturated carbocycles. The van der Waals surface area contributed by atoms with E-state index in [-0.39, 0.29) is 31.1 Å². The molecule has 0 spiro atoms. The minimum Gasteiger partial charge on any atom is -0.462 e. The molecule has 0 aliphatic heterocycles. The first-order valence-corrected chi connectivity index (χ1v) is 34.4. The van der Waals surface area contributed by atoms with Crippen LogP contribution < -0.4 is 0 Å². The van der Waals surface area contributed by atoms with E-state index in [1.807, 2.05) is 0 Å². The van der Waals surface area contributed by atoms with Gasteiger partial charge in [0.15, 0.2) is 6.10 Å². The molecule has 6 heteroatoms. The van der Waals surface area contributed by atoms with Gasteiger partial charge in [-0.1, -0.05) is 329 Å². The number of unbranched alkanes of at least 4 members (excludes halogenated alkanes) is 33. The lowest BCUT2D eigenvalue weighted by Gasteiger charge is -2.18. The first-order chi connectivity index (χ1) is 40.0. The Morgan fingerprint density at radius 1 is 0.259 bits per heavy atom. The van der Waals surface area contributed by atoms with Gasteiger partial charge in [-0.3, -0.25) is 14.4 Å². The van der Waals surface area contributed by atoms with E-state index in [4.69, 9.17) is 14.2 Å². The number of allylic oxidation sites excluding steroid dienone is 18. The molecular weight excluding hydrogens is 997 g/mol. The van der Waals surface area contributed by atoms with Gasteiger partial charge in [-0.2, -0.15) is 0 Å². The van der Waals surface area contributed by atoms with E-state index in [1.165, 1.54) is 167 Å². The van der Waals surface area contributed by atoms with Crippen LogP contribution in [0.25, 0.3) is 0 Å². The van der Waals surface area contributed by atoms with Crippen LogP contribution in [0.4, 0.5) is 0 Å². The molecule has 464 valence electrons. The van der Waals surface area contributed by atoms with Crippen molar-refractivity contribution in [3.63, 3.8) is 0 Å². The van der Waals surface area contributed by atoms with Gasteiger partial charge >= 0.3 is 17.9 Å². The second-order valence-corrected chi connectivity index (χ2v) is 22.7. The highest BCUT2D eigenvalue weighted by Crippen LogP contribution is 2.17. The molecule has 0 aromatic heterocycles. The van der Waals surface area contributed by atoms with Gasteiger partial charge in [0.25, 0.3) is 0 Å². The third-order valence-corrected chi connectivity index (χ3v) is 14.8. The van der Waals surface area contributed by atoms with Gasteiger partial charge in [-0.25, -0.2) is 0 Å². The fraction of sp³-hybridized carbons (Fsp3) is 0.720. The Morgan fingerprint density at radius 2 is 0.481 bits per heavy atom. The second-order valence-electron chi connectivity index (χ2n) is 22.7. The van der Waals surface area contributed by atoms with Crippen molar-refractivity contribution in [1.29, 1.82) is 0 Å². The van der Waals surface area contributed by atoms with Gasteiger partial charge in [0.05, 0.1) is 0 Å². The highest BCUT2D eigenvalue weighted by atomic mass is 16.6. The SMILES string of the molecule is CC/C=C\C/C=C\C/C=C\C/C=C\C/C=C\C/C=C\C/C=C\C/C=C\C/C=C\CCCCCC(=O)OCC(COC(=O)CCCCCCCCCCCCCCCCCC)OC(=O)CCCCCCCCCCCCCCCCCC. The summed E-state index contributed by atoms with van der Waals surface area (Å²) in [4.78, 5) is 38.4. The van der Waals surface area contributed by atoms with E-state index in [9.17, 15) is 14.4 Å². The maximum atomic E-state index is 12.9. The maximum Gasteiger partial charge on any atom is 0.306 e. The van der Waals surface area contributed by atoms with Crippen molar-refractivity contribution < 1.29 is 28.6 Å². The number of esters is 3. The van der Waals surface area contributed by atoms with Gasteiger partial charge in [0, 0.05) is 19.3 Å². The number of carbonyl (C=O) groups is 3. The Bertz CT molecular complexity index is 1620. The summed E-state index contributed by atoms with van der Waals surface area (Å²) in [7, 11) is 0. The van der Waals surface area contributed by atoms with Crippen LogP contribution in [0, 0.1) is 0 Å². The van der Waals surface area contributed by atoms with Gasteiger partial charge < -0.3 is 14.2 Å². The van der Waals surface area contributed by atoms with Crippen molar-refractivity contribution in [2.75, 3.05) is 13.2 Å². The monoisotopic (exact) mass is 1120 g/mol. The summed E-state index contributed by atoms with van der Waals surface area (Å²) in [6, 6.07) is 0. The molecule has 0 aromatic carbocycles. The summed E-state index contributed by atoms with van der Waals surface area (Å²) >= 11 is 0. The fourth-order valence-corrected chi connectivity index (χ4v) is 9.67. The Hall–Kier alpha value is -3.93. The summed E-state index contributed by atoms with van der Waals surface area (Å²) in [6.07, 6.45) is 93.9. The van der Waals surface area contributed by atoms with Gasteiger partial charge in [0.1, 0.15) is 13.2 Å². The molecule has 0 aliphatic carbocycles. The highest BCUT2D eigenvalue weighted by molar-refractivity contribution is 5.71. The quantitative estimate of drug-likeness (QED) is 0.0261. The third-order valence-electron chi connectivity index (χ3n) is 14.8. The number of rotatable bonds is 62. The second kappa shape index (κ2) is 68.6. The van der Waals surface area contributed by atoms with Gasteiger partial charge in [0.2, 0.25) is 0 Å². The van der Waals surface area contributed by atoms with Crippen LogP contribution in [0.1, 0.15) is 329 Å². The van der Waals surface area contributed by atoms with E-state index in [0.29, 0.717) is 19.3 Å². The molecule has 0 aromatic rings. The molecule has 0 fully saturated rings. The first-order valence-electron chi connectivity index (χ1n) is 34.4. The molecule has 81 heavy (non-hydrogen) atoms. The van der Waals surface area contributed by atoms with Crippen LogP contribution in [0.2, 0.25) is 0 Å². The fourth-order valence-electron chi connectivity index (χ4n) is 9.67. The summed E-state index contributed by atoms with van der Waals surface area (Å²) in [5.41, 5.74) is 0. The van der Waals surface area contributed by atoms with Crippen LogP contribution in [0.3, 0.4) is 0 Å². The molecule has 1 unspecified atom stereocenters. The summed E-state index contributed by atoms with van der Waals surface area (Å²) in [6.45, 7) is 6.54. The zero-order valence-corrected chi connectivity index (χ0v) is 53.3. The lowest BCUT2D eigenvalue weighted by molar-refractivity contribution is -0.167. The highest BCUT2D eigenvalue weighted by Gasteiger charge is 2.19. The van der Waals surface area contributed by atoms with Crippen LogP contribution in [-0.2, 0) is 28.6 Å². The Balaban J connectivity index is 4.37. The molecule has 0 aliphatic rings. The molecule has 0 amide bonds. The molecular formula is C75H128O6.